The van der Waals surface area contributed by atoms with E-state index in [1.807, 2.05) is 37.3 Å². The van der Waals surface area contributed by atoms with Crippen LogP contribution in [-0.4, -0.2) is 10.1 Å². The van der Waals surface area contributed by atoms with Gasteiger partial charge in [0, 0.05) is 23.1 Å². The molecular formula is C19H13ClN2O4. The van der Waals surface area contributed by atoms with Crippen molar-refractivity contribution in [3.63, 3.8) is 0 Å². The maximum absolute atomic E-state index is 11.5. The molecule has 0 bridgehead atoms. The topological polar surface area (TPSA) is 78.4 Å². The predicted octanol–water partition coefficient (Wildman–Crippen LogP) is 4.38. The summed E-state index contributed by atoms with van der Waals surface area (Å²) in [4.78, 5) is 15.8. The average Bonchev–Trinajstić information content (AvgIpc) is 3.10. The number of aromatic nitrogens is 2. The van der Waals surface area contributed by atoms with E-state index >= 15 is 0 Å². The monoisotopic (exact) mass is 368 g/mol. The fraction of sp³-hybridized carbons (Fsp3) is 0.105. The van der Waals surface area contributed by atoms with Gasteiger partial charge in [-0.3, -0.25) is 0 Å². The van der Waals surface area contributed by atoms with Crippen LogP contribution in [0.2, 0.25) is 5.02 Å². The molecule has 0 saturated heterocycles. The van der Waals surface area contributed by atoms with Gasteiger partial charge in [-0.15, -0.1) is 0 Å². The van der Waals surface area contributed by atoms with Crippen LogP contribution >= 0.6 is 11.6 Å². The Hall–Kier alpha value is -3.12. The van der Waals surface area contributed by atoms with Gasteiger partial charge in [-0.2, -0.15) is 4.98 Å². The molecule has 6 nitrogen and oxygen atoms in total. The smallest absolute Gasteiger partial charge is 0.336 e. The van der Waals surface area contributed by atoms with E-state index < -0.39 is 5.63 Å². The molecule has 4 rings (SSSR count). The van der Waals surface area contributed by atoms with Gasteiger partial charge in [0.25, 0.3) is 5.89 Å². The number of halogens is 1. The molecule has 0 radical (unpaired) electrons. The molecule has 0 aliphatic carbocycles. The molecule has 0 N–H and O–H groups in total. The van der Waals surface area contributed by atoms with Gasteiger partial charge >= 0.3 is 5.63 Å². The Balaban J connectivity index is 1.57. The van der Waals surface area contributed by atoms with E-state index in [2.05, 4.69) is 10.1 Å². The quantitative estimate of drug-likeness (QED) is 0.497. The molecule has 2 aromatic carbocycles. The Labute approximate surface area is 153 Å². The van der Waals surface area contributed by atoms with Crippen molar-refractivity contribution in [2.24, 2.45) is 0 Å². The van der Waals surface area contributed by atoms with Crippen molar-refractivity contribution < 1.29 is 13.7 Å². The summed E-state index contributed by atoms with van der Waals surface area (Å²) in [6.45, 7) is 1.86. The van der Waals surface area contributed by atoms with Crippen LogP contribution in [0.5, 0.6) is 5.75 Å². The summed E-state index contributed by atoms with van der Waals surface area (Å²) in [6, 6.07) is 14.2. The summed E-state index contributed by atoms with van der Waals surface area (Å²) in [5, 5.41) is 5.09. The first-order valence-corrected chi connectivity index (χ1v) is 8.23. The van der Waals surface area contributed by atoms with Gasteiger partial charge in [0.2, 0.25) is 5.82 Å². The molecule has 7 heteroatoms. The summed E-state index contributed by atoms with van der Waals surface area (Å²) in [5.74, 6) is 1.16. The molecule has 0 atom stereocenters. The van der Waals surface area contributed by atoms with Crippen LogP contribution in [0.1, 0.15) is 11.5 Å². The molecule has 0 aliphatic heterocycles. The van der Waals surface area contributed by atoms with Crippen molar-refractivity contribution >= 4 is 22.6 Å². The Morgan fingerprint density at radius 1 is 1.15 bits per heavy atom. The summed E-state index contributed by atoms with van der Waals surface area (Å²) >= 11 is 6.27. The Bertz CT molecular complexity index is 1140. The lowest BCUT2D eigenvalue weighted by Gasteiger charge is -2.08. The number of aryl methyl sites for hydroxylation is 1. The van der Waals surface area contributed by atoms with Crippen molar-refractivity contribution in [2.75, 3.05) is 0 Å². The second kappa shape index (κ2) is 6.65. The van der Waals surface area contributed by atoms with E-state index in [-0.39, 0.29) is 6.61 Å². The highest BCUT2D eigenvalue weighted by Crippen LogP contribution is 2.31. The van der Waals surface area contributed by atoms with Crippen LogP contribution in [0.25, 0.3) is 22.4 Å². The minimum atomic E-state index is -0.423. The first kappa shape index (κ1) is 16.4. The fourth-order valence-electron chi connectivity index (χ4n) is 2.59. The van der Waals surface area contributed by atoms with Crippen molar-refractivity contribution in [3.8, 4) is 17.1 Å². The van der Waals surface area contributed by atoms with E-state index in [4.69, 9.17) is 25.3 Å². The van der Waals surface area contributed by atoms with Crippen molar-refractivity contribution in [2.45, 2.75) is 13.5 Å². The second-order valence-corrected chi connectivity index (χ2v) is 6.10. The normalized spacial score (nSPS) is 11.0. The van der Waals surface area contributed by atoms with Crippen LogP contribution in [0.4, 0.5) is 0 Å². The summed E-state index contributed by atoms with van der Waals surface area (Å²) < 4.78 is 16.1. The van der Waals surface area contributed by atoms with Crippen LogP contribution in [0.3, 0.4) is 0 Å². The molecule has 0 spiro atoms. The molecule has 0 saturated carbocycles. The maximum atomic E-state index is 11.5. The molecule has 4 aromatic rings. The van der Waals surface area contributed by atoms with Crippen molar-refractivity contribution in [1.29, 1.82) is 0 Å². The van der Waals surface area contributed by atoms with Gasteiger partial charge in [-0.1, -0.05) is 47.1 Å². The lowest BCUT2D eigenvalue weighted by atomic mass is 10.1. The third-order valence-corrected chi connectivity index (χ3v) is 4.15. The van der Waals surface area contributed by atoms with E-state index in [9.17, 15) is 4.79 Å². The standard InChI is InChI=1S/C19H13ClN2O4/c1-11-7-18(23)25-15-9-16(14(20)8-13(11)15)24-10-17-21-19(22-26-17)12-5-3-2-4-6-12/h2-9H,10H2,1H3. The van der Waals surface area contributed by atoms with E-state index in [0.717, 1.165) is 16.5 Å². The molecule has 0 fully saturated rings. The SMILES string of the molecule is Cc1cc(=O)oc2cc(OCc3nc(-c4ccccc4)no3)c(Cl)cc12. The second-order valence-electron chi connectivity index (χ2n) is 5.69. The highest BCUT2D eigenvalue weighted by Gasteiger charge is 2.12. The molecular weight excluding hydrogens is 356 g/mol. The van der Waals surface area contributed by atoms with Crippen LogP contribution in [0, 0.1) is 6.92 Å². The van der Waals surface area contributed by atoms with Crippen molar-refractivity contribution in [1.82, 2.24) is 10.1 Å². The van der Waals surface area contributed by atoms with Crippen LogP contribution in [-0.2, 0) is 6.61 Å². The Morgan fingerprint density at radius 3 is 2.77 bits per heavy atom. The number of nitrogens with zero attached hydrogens (tertiary/aromatic N) is 2. The third-order valence-electron chi connectivity index (χ3n) is 3.86. The van der Waals surface area contributed by atoms with Gasteiger partial charge in [-0.05, 0) is 18.6 Å². The number of benzene rings is 2. The van der Waals surface area contributed by atoms with E-state index in [0.29, 0.717) is 28.1 Å². The lowest BCUT2D eigenvalue weighted by Crippen LogP contribution is -2.00. The van der Waals surface area contributed by atoms with Gasteiger partial charge in [0.05, 0.1) is 5.02 Å². The predicted molar refractivity (Wildman–Crippen MR) is 96.3 cm³/mol. The maximum Gasteiger partial charge on any atom is 0.336 e. The molecule has 2 aromatic heterocycles. The highest BCUT2D eigenvalue weighted by atomic mass is 35.5. The van der Waals surface area contributed by atoms with Gasteiger partial charge in [0.1, 0.15) is 11.3 Å². The Morgan fingerprint density at radius 2 is 1.96 bits per heavy atom. The minimum absolute atomic E-state index is 0.0428. The number of fused-ring (bicyclic) bond motifs is 1. The summed E-state index contributed by atoms with van der Waals surface area (Å²) in [7, 11) is 0. The first-order chi connectivity index (χ1) is 12.6. The Kier molecular flexibility index (Phi) is 4.18. The minimum Gasteiger partial charge on any atom is -0.482 e. The zero-order valence-electron chi connectivity index (χ0n) is 13.7. The largest absolute Gasteiger partial charge is 0.482 e. The number of rotatable bonds is 4. The highest BCUT2D eigenvalue weighted by molar-refractivity contribution is 6.32. The van der Waals surface area contributed by atoms with Crippen LogP contribution in [0.15, 0.2) is 62.3 Å². The molecule has 2 heterocycles. The van der Waals surface area contributed by atoms with E-state index in [1.54, 1.807) is 12.1 Å². The molecule has 130 valence electrons. The molecule has 26 heavy (non-hydrogen) atoms. The van der Waals surface area contributed by atoms with E-state index in [1.165, 1.54) is 6.07 Å². The number of hydrogen-bond donors (Lipinski definition) is 0. The molecule has 0 aliphatic rings. The average molecular weight is 369 g/mol. The first-order valence-electron chi connectivity index (χ1n) is 7.85. The fourth-order valence-corrected chi connectivity index (χ4v) is 2.81. The van der Waals surface area contributed by atoms with Crippen molar-refractivity contribution in [3.05, 3.63) is 75.4 Å². The zero-order valence-corrected chi connectivity index (χ0v) is 14.5. The molecule has 0 unspecified atom stereocenters. The third kappa shape index (κ3) is 3.19. The zero-order chi connectivity index (χ0) is 18.1. The van der Waals surface area contributed by atoms with Crippen LogP contribution < -0.4 is 10.4 Å². The summed E-state index contributed by atoms with van der Waals surface area (Å²) in [6.07, 6.45) is 0. The van der Waals surface area contributed by atoms with Gasteiger partial charge in [-0.25, -0.2) is 4.79 Å². The molecule has 0 amide bonds. The number of ether oxygens (including phenoxy) is 1. The number of hydrogen-bond acceptors (Lipinski definition) is 6. The lowest BCUT2D eigenvalue weighted by molar-refractivity contribution is 0.243. The van der Waals surface area contributed by atoms with Gasteiger partial charge < -0.3 is 13.7 Å². The van der Waals surface area contributed by atoms with Gasteiger partial charge in [0.15, 0.2) is 6.61 Å². The summed E-state index contributed by atoms with van der Waals surface area (Å²) in [5.41, 5.74) is 1.62.